The molecule has 0 fully saturated rings. The first-order valence-electron chi connectivity index (χ1n) is 16.7. The van der Waals surface area contributed by atoms with Gasteiger partial charge >= 0.3 is 0 Å². The van der Waals surface area contributed by atoms with E-state index in [1.165, 1.54) is 36.0 Å². The van der Waals surface area contributed by atoms with E-state index in [1.807, 2.05) is 96.2 Å². The van der Waals surface area contributed by atoms with Crippen LogP contribution < -0.4 is 32.9 Å². The number of hydrogen-bond acceptors (Lipinski definition) is 10. The third-order valence-corrected chi connectivity index (χ3v) is 11.2. The molecule has 2 N–H and O–H groups in total. The van der Waals surface area contributed by atoms with Crippen LogP contribution in [0.25, 0.3) is 0 Å². The molecule has 1 unspecified atom stereocenters. The Morgan fingerprint density at radius 2 is 1.55 bits per heavy atom. The molecule has 0 saturated heterocycles. The Labute approximate surface area is 322 Å². The minimum atomic E-state index is -0.691. The number of fused-ring (bicyclic) bond motifs is 1. The molecule has 0 aromatic heterocycles. The van der Waals surface area contributed by atoms with Gasteiger partial charge in [-0.05, 0) is 145 Å². The SMILES string of the molecule is COc1ccc(SN(CC(=O)NSc2ccc(F)cc2)c2cccc3c2CCN3C(C(=O)NSc2ccc(C)cc2OC)c2cccc(OC)c2)cc1. The molecule has 6 rings (SSSR count). The van der Waals surface area contributed by atoms with Gasteiger partial charge in [-0.2, -0.15) is 0 Å². The number of hydrogen-bond donors (Lipinski definition) is 2. The van der Waals surface area contributed by atoms with Gasteiger partial charge < -0.3 is 23.4 Å². The minimum Gasteiger partial charge on any atom is -0.497 e. The monoisotopic (exact) mass is 770 g/mol. The fourth-order valence-electron chi connectivity index (χ4n) is 5.96. The molecule has 1 atom stereocenters. The van der Waals surface area contributed by atoms with Crippen molar-refractivity contribution in [2.75, 3.05) is 43.6 Å². The van der Waals surface area contributed by atoms with Crippen LogP contribution in [0, 0.1) is 12.7 Å². The molecule has 13 heteroatoms. The number of benzene rings is 5. The van der Waals surface area contributed by atoms with E-state index >= 15 is 0 Å². The van der Waals surface area contributed by atoms with Gasteiger partial charge in [-0.15, -0.1) is 0 Å². The van der Waals surface area contributed by atoms with Gasteiger partial charge in [0.25, 0.3) is 11.8 Å². The Morgan fingerprint density at radius 3 is 2.28 bits per heavy atom. The van der Waals surface area contributed by atoms with Crippen LogP contribution in [0.1, 0.15) is 22.7 Å². The smallest absolute Gasteiger partial charge is 0.257 e. The van der Waals surface area contributed by atoms with Crippen molar-refractivity contribution in [2.45, 2.75) is 34.1 Å². The standard InChI is InChI=1S/C40H39FN4O5S3/c1-26-11-20-37(36(23-26)50-4)52-43-40(47)39(27-7-5-8-30(24-27)49-3)44-22-21-33-34(44)9-6-10-35(33)45(53-32-18-14-29(48-2)15-19-32)25-38(46)42-51-31-16-12-28(41)13-17-31/h5-20,23-24,39H,21-22,25H2,1-4H3,(H,42,46)(H,43,47). The first-order chi connectivity index (χ1) is 25.8. The quantitative estimate of drug-likeness (QED) is 0.101. The van der Waals surface area contributed by atoms with Crippen LogP contribution in [0.5, 0.6) is 17.2 Å². The molecular formula is C40H39FN4O5S3. The summed E-state index contributed by atoms with van der Waals surface area (Å²) in [5.41, 5.74) is 4.60. The van der Waals surface area contributed by atoms with E-state index in [0.29, 0.717) is 29.4 Å². The van der Waals surface area contributed by atoms with E-state index in [1.54, 1.807) is 33.5 Å². The highest BCUT2D eigenvalue weighted by atomic mass is 32.2. The van der Waals surface area contributed by atoms with Gasteiger partial charge in [-0.1, -0.05) is 24.3 Å². The molecule has 1 heterocycles. The topological polar surface area (TPSA) is 92.4 Å². The highest BCUT2D eigenvalue weighted by Crippen LogP contribution is 2.43. The summed E-state index contributed by atoms with van der Waals surface area (Å²) in [5, 5.41) is 0. The average Bonchev–Trinajstić information content (AvgIpc) is 3.61. The molecule has 0 radical (unpaired) electrons. The number of ether oxygens (including phenoxy) is 3. The summed E-state index contributed by atoms with van der Waals surface area (Å²) in [6.45, 7) is 2.58. The molecule has 0 saturated carbocycles. The van der Waals surface area contributed by atoms with Crippen LogP contribution in [0.4, 0.5) is 15.8 Å². The largest absolute Gasteiger partial charge is 0.497 e. The Hall–Kier alpha value is -4.98. The summed E-state index contributed by atoms with van der Waals surface area (Å²) in [7, 11) is 4.84. The third kappa shape index (κ3) is 9.34. The molecule has 0 bridgehead atoms. The maximum absolute atomic E-state index is 14.3. The molecule has 9 nitrogen and oxygen atoms in total. The van der Waals surface area contributed by atoms with E-state index < -0.39 is 6.04 Å². The van der Waals surface area contributed by atoms with Crippen LogP contribution in [0.15, 0.2) is 124 Å². The average molecular weight is 771 g/mol. The fourth-order valence-corrected chi connectivity index (χ4v) is 8.19. The predicted octanol–water partition coefficient (Wildman–Crippen LogP) is 8.42. The Morgan fingerprint density at radius 1 is 0.811 bits per heavy atom. The van der Waals surface area contributed by atoms with Crippen molar-refractivity contribution in [2.24, 2.45) is 0 Å². The molecule has 5 aromatic rings. The van der Waals surface area contributed by atoms with Crippen LogP contribution in [0.3, 0.4) is 0 Å². The van der Waals surface area contributed by atoms with Crippen LogP contribution in [-0.2, 0) is 16.0 Å². The summed E-state index contributed by atoms with van der Waals surface area (Å²) in [6.07, 6.45) is 0.643. The molecule has 53 heavy (non-hydrogen) atoms. The van der Waals surface area contributed by atoms with E-state index in [0.717, 1.165) is 55.6 Å². The molecule has 274 valence electrons. The number of rotatable bonds is 15. The van der Waals surface area contributed by atoms with Crippen LogP contribution in [0.2, 0.25) is 0 Å². The first kappa shape index (κ1) is 37.8. The number of anilines is 2. The van der Waals surface area contributed by atoms with Crippen LogP contribution >= 0.6 is 35.8 Å². The number of carbonyl (C=O) groups is 2. The lowest BCUT2D eigenvalue weighted by Gasteiger charge is -2.31. The number of halogens is 1. The van der Waals surface area contributed by atoms with Gasteiger partial charge in [0.1, 0.15) is 35.7 Å². The van der Waals surface area contributed by atoms with Crippen molar-refractivity contribution >= 4 is 59.0 Å². The van der Waals surface area contributed by atoms with Crippen molar-refractivity contribution in [3.8, 4) is 17.2 Å². The second kappa shape index (κ2) is 17.7. The summed E-state index contributed by atoms with van der Waals surface area (Å²) in [6, 6.07) is 32.3. The molecule has 5 aromatic carbocycles. The van der Waals surface area contributed by atoms with Gasteiger partial charge in [0.05, 0.1) is 31.9 Å². The normalized spacial score (nSPS) is 12.4. The van der Waals surface area contributed by atoms with Crippen molar-refractivity contribution < 1.29 is 28.2 Å². The third-order valence-electron chi connectivity index (χ3n) is 8.52. The number of carbonyl (C=O) groups excluding carboxylic acids is 2. The summed E-state index contributed by atoms with van der Waals surface area (Å²) >= 11 is 3.78. The lowest BCUT2D eigenvalue weighted by Crippen LogP contribution is -2.37. The van der Waals surface area contributed by atoms with Crippen molar-refractivity contribution in [1.29, 1.82) is 0 Å². The molecule has 1 aliphatic heterocycles. The number of amides is 2. The van der Waals surface area contributed by atoms with Gasteiger partial charge in [0, 0.05) is 27.6 Å². The maximum atomic E-state index is 14.3. The fraction of sp³-hybridized carbons (Fsp3) is 0.200. The predicted molar refractivity (Wildman–Crippen MR) is 212 cm³/mol. The van der Waals surface area contributed by atoms with E-state index in [9.17, 15) is 14.0 Å². The highest BCUT2D eigenvalue weighted by Gasteiger charge is 2.35. The van der Waals surface area contributed by atoms with Crippen molar-refractivity contribution in [1.82, 2.24) is 9.44 Å². The molecule has 0 spiro atoms. The van der Waals surface area contributed by atoms with Gasteiger partial charge in [-0.25, -0.2) is 4.39 Å². The zero-order chi connectivity index (χ0) is 37.3. The molecule has 2 amide bonds. The van der Waals surface area contributed by atoms with Crippen molar-refractivity contribution in [3.63, 3.8) is 0 Å². The second-order valence-corrected chi connectivity index (χ2v) is 14.8. The highest BCUT2D eigenvalue weighted by molar-refractivity contribution is 8.00. The van der Waals surface area contributed by atoms with E-state index in [4.69, 9.17) is 14.2 Å². The Balaban J connectivity index is 1.31. The van der Waals surface area contributed by atoms with Crippen LogP contribution in [-0.4, -0.2) is 46.2 Å². The van der Waals surface area contributed by atoms with E-state index in [-0.39, 0.29) is 24.2 Å². The minimum absolute atomic E-state index is 0.0240. The Bertz CT molecular complexity index is 2050. The lowest BCUT2D eigenvalue weighted by atomic mass is 10.0. The van der Waals surface area contributed by atoms with Gasteiger partial charge in [-0.3, -0.25) is 19.0 Å². The zero-order valence-corrected chi connectivity index (χ0v) is 32.1. The number of methoxy groups -OCH3 is 3. The second-order valence-electron chi connectivity index (χ2n) is 12.0. The van der Waals surface area contributed by atoms with Gasteiger partial charge in [0.2, 0.25) is 0 Å². The van der Waals surface area contributed by atoms with Crippen molar-refractivity contribution in [3.05, 3.63) is 132 Å². The Kier molecular flexibility index (Phi) is 12.6. The lowest BCUT2D eigenvalue weighted by molar-refractivity contribution is -0.120. The number of nitrogens with zero attached hydrogens (tertiary/aromatic N) is 2. The maximum Gasteiger partial charge on any atom is 0.257 e. The summed E-state index contributed by atoms with van der Waals surface area (Å²) in [5.74, 6) is 1.28. The van der Waals surface area contributed by atoms with Gasteiger partial charge in [0.15, 0.2) is 0 Å². The first-order valence-corrected chi connectivity index (χ1v) is 19.1. The number of nitrogens with one attached hydrogen (secondary N) is 2. The molecule has 0 aliphatic carbocycles. The summed E-state index contributed by atoms with van der Waals surface area (Å²) in [4.78, 5) is 32.3. The molecule has 1 aliphatic rings. The summed E-state index contributed by atoms with van der Waals surface area (Å²) < 4.78 is 37.9. The van der Waals surface area contributed by atoms with E-state index in [2.05, 4.69) is 14.3 Å². The molecular weight excluding hydrogens is 732 g/mol. The zero-order valence-electron chi connectivity index (χ0n) is 29.6. The number of aryl methyl sites for hydroxylation is 1.